The summed E-state index contributed by atoms with van der Waals surface area (Å²) < 4.78 is 5.24. The molecule has 0 saturated heterocycles. The number of ether oxygens (including phenoxy) is 1. The topological polar surface area (TPSA) is 46.5 Å². The first kappa shape index (κ1) is 15.3. The van der Waals surface area contributed by atoms with Crippen LogP contribution in [0.15, 0.2) is 54.6 Å². The number of halogens is 1. The predicted octanol–water partition coefficient (Wildman–Crippen LogP) is 3.61. The van der Waals surface area contributed by atoms with Crippen molar-refractivity contribution in [2.24, 2.45) is 0 Å². The molecule has 0 aliphatic heterocycles. The Morgan fingerprint density at radius 3 is 2.38 bits per heavy atom. The van der Waals surface area contributed by atoms with Gasteiger partial charge in [0.1, 0.15) is 12.4 Å². The van der Waals surface area contributed by atoms with Crippen LogP contribution in [-0.2, 0) is 0 Å². The van der Waals surface area contributed by atoms with Crippen molar-refractivity contribution in [3.05, 3.63) is 70.8 Å². The maximum Gasteiger partial charge on any atom is 0.185 e. The Balaban J connectivity index is 2.01. The molecule has 4 heteroatoms. The average molecular weight is 303 g/mol. The number of carbonyl (C=O) groups is 1. The predicted molar refractivity (Wildman–Crippen MR) is 83.8 cm³/mol. The molecule has 0 saturated carbocycles. The van der Waals surface area contributed by atoms with E-state index in [1.807, 2.05) is 12.1 Å². The average Bonchev–Trinajstić information content (AvgIpc) is 2.52. The first-order valence-corrected chi connectivity index (χ1v) is 6.88. The molecule has 0 atom stereocenters. The molecule has 0 aliphatic rings. The summed E-state index contributed by atoms with van der Waals surface area (Å²) in [6.07, 6.45) is 3.27. The second-order valence-corrected chi connectivity index (χ2v) is 4.78. The summed E-state index contributed by atoms with van der Waals surface area (Å²) in [5.74, 6) is 0.543. The van der Waals surface area contributed by atoms with Gasteiger partial charge in [-0.25, -0.2) is 0 Å². The molecule has 0 heterocycles. The first-order chi connectivity index (χ1) is 10.2. The molecule has 0 bridgehead atoms. The third kappa shape index (κ3) is 4.74. The Hall–Kier alpha value is -2.10. The monoisotopic (exact) mass is 302 g/mol. The van der Waals surface area contributed by atoms with E-state index in [1.165, 1.54) is 6.08 Å². The van der Waals surface area contributed by atoms with Crippen LogP contribution in [-0.4, -0.2) is 24.1 Å². The van der Waals surface area contributed by atoms with Crippen LogP contribution < -0.4 is 4.74 Å². The lowest BCUT2D eigenvalue weighted by Crippen LogP contribution is -2.02. The Bertz CT molecular complexity index is 615. The molecule has 2 aromatic rings. The maximum absolute atomic E-state index is 12.0. The van der Waals surface area contributed by atoms with Crippen molar-refractivity contribution in [1.82, 2.24) is 0 Å². The summed E-state index contributed by atoms with van der Waals surface area (Å²) in [6.45, 7) is 0.203. The molecule has 0 unspecified atom stereocenters. The Kier molecular flexibility index (Phi) is 5.55. The van der Waals surface area contributed by atoms with Gasteiger partial charge in [-0.05, 0) is 48.0 Å². The SMILES string of the molecule is O=C(/C=C/c1ccc(Cl)cc1)c1ccc(OCCO)cc1. The van der Waals surface area contributed by atoms with Crippen LogP contribution in [0.25, 0.3) is 6.08 Å². The third-order valence-electron chi connectivity index (χ3n) is 2.80. The van der Waals surface area contributed by atoms with Gasteiger partial charge in [0.05, 0.1) is 6.61 Å². The minimum absolute atomic E-state index is 0.0372. The van der Waals surface area contributed by atoms with E-state index in [9.17, 15) is 4.79 Å². The highest BCUT2D eigenvalue weighted by Gasteiger charge is 2.02. The van der Waals surface area contributed by atoms with Gasteiger partial charge in [0.15, 0.2) is 5.78 Å². The van der Waals surface area contributed by atoms with Crippen LogP contribution in [0.1, 0.15) is 15.9 Å². The standard InChI is InChI=1S/C17H15ClO3/c18-15-6-1-13(2-7-15)3-10-17(20)14-4-8-16(9-5-14)21-12-11-19/h1-10,19H,11-12H2/b10-3+. The van der Waals surface area contributed by atoms with Crippen LogP contribution in [0, 0.1) is 0 Å². The van der Waals surface area contributed by atoms with E-state index in [0.717, 1.165) is 5.56 Å². The molecule has 0 spiro atoms. The minimum Gasteiger partial charge on any atom is -0.491 e. The zero-order valence-corrected chi connectivity index (χ0v) is 12.1. The lowest BCUT2D eigenvalue weighted by molar-refractivity contribution is 0.104. The zero-order chi connectivity index (χ0) is 15.1. The van der Waals surface area contributed by atoms with E-state index >= 15 is 0 Å². The third-order valence-corrected chi connectivity index (χ3v) is 3.05. The number of rotatable bonds is 6. The second-order valence-electron chi connectivity index (χ2n) is 4.35. The van der Waals surface area contributed by atoms with E-state index < -0.39 is 0 Å². The van der Waals surface area contributed by atoms with Crippen molar-refractivity contribution in [2.75, 3.05) is 13.2 Å². The molecule has 0 radical (unpaired) electrons. The second kappa shape index (κ2) is 7.62. The quantitative estimate of drug-likeness (QED) is 0.655. The van der Waals surface area contributed by atoms with E-state index in [4.69, 9.17) is 21.4 Å². The van der Waals surface area contributed by atoms with Gasteiger partial charge in [0, 0.05) is 10.6 Å². The molecule has 1 N–H and O–H groups in total. The lowest BCUT2D eigenvalue weighted by Gasteiger charge is -2.04. The summed E-state index contributed by atoms with van der Waals surface area (Å²) in [5, 5.41) is 9.33. The highest BCUT2D eigenvalue weighted by molar-refractivity contribution is 6.30. The number of allylic oxidation sites excluding steroid dienone is 1. The van der Waals surface area contributed by atoms with Crippen LogP contribution in [0.2, 0.25) is 5.02 Å². The van der Waals surface area contributed by atoms with Gasteiger partial charge in [0.2, 0.25) is 0 Å². The summed E-state index contributed by atoms with van der Waals surface area (Å²) >= 11 is 5.80. The van der Waals surface area contributed by atoms with Gasteiger partial charge in [-0.2, -0.15) is 0 Å². The number of benzene rings is 2. The minimum atomic E-state index is -0.0846. The van der Waals surface area contributed by atoms with Crippen LogP contribution in [0.3, 0.4) is 0 Å². The number of hydrogen-bond donors (Lipinski definition) is 1. The fourth-order valence-electron chi connectivity index (χ4n) is 1.72. The maximum atomic E-state index is 12.0. The van der Waals surface area contributed by atoms with Crippen LogP contribution in [0.4, 0.5) is 0 Å². The molecule has 2 rings (SSSR count). The van der Waals surface area contributed by atoms with Crippen LogP contribution >= 0.6 is 11.6 Å². The number of aliphatic hydroxyl groups is 1. The number of ketones is 1. The van der Waals surface area contributed by atoms with Gasteiger partial charge in [-0.15, -0.1) is 0 Å². The van der Waals surface area contributed by atoms with Gasteiger partial charge >= 0.3 is 0 Å². The molecule has 0 amide bonds. The van der Waals surface area contributed by atoms with Crippen molar-refractivity contribution in [2.45, 2.75) is 0 Å². The highest BCUT2D eigenvalue weighted by atomic mass is 35.5. The smallest absolute Gasteiger partial charge is 0.185 e. The molecular weight excluding hydrogens is 288 g/mol. The largest absolute Gasteiger partial charge is 0.491 e. The molecule has 2 aromatic carbocycles. The summed E-state index contributed by atoms with van der Waals surface area (Å²) in [6, 6.07) is 14.1. The molecule has 0 aromatic heterocycles. The first-order valence-electron chi connectivity index (χ1n) is 6.51. The summed E-state index contributed by atoms with van der Waals surface area (Å²) in [7, 11) is 0. The van der Waals surface area contributed by atoms with Crippen molar-refractivity contribution in [1.29, 1.82) is 0 Å². The highest BCUT2D eigenvalue weighted by Crippen LogP contribution is 2.14. The molecule has 3 nitrogen and oxygen atoms in total. The summed E-state index contributed by atoms with van der Waals surface area (Å²) in [5.41, 5.74) is 1.49. The Morgan fingerprint density at radius 1 is 1.10 bits per heavy atom. The Labute approximate surface area is 128 Å². The summed E-state index contributed by atoms with van der Waals surface area (Å²) in [4.78, 5) is 12.0. The molecular formula is C17H15ClO3. The molecule has 0 aliphatic carbocycles. The molecule has 108 valence electrons. The fourth-order valence-corrected chi connectivity index (χ4v) is 1.85. The van der Waals surface area contributed by atoms with E-state index in [0.29, 0.717) is 16.3 Å². The number of aliphatic hydroxyl groups excluding tert-OH is 1. The van der Waals surface area contributed by atoms with Crippen molar-refractivity contribution < 1.29 is 14.6 Å². The van der Waals surface area contributed by atoms with E-state index in [-0.39, 0.29) is 19.0 Å². The molecule has 0 fully saturated rings. The van der Waals surface area contributed by atoms with Gasteiger partial charge in [-0.1, -0.05) is 29.8 Å². The lowest BCUT2D eigenvalue weighted by atomic mass is 10.1. The molecule has 21 heavy (non-hydrogen) atoms. The van der Waals surface area contributed by atoms with Crippen LogP contribution in [0.5, 0.6) is 5.75 Å². The number of hydrogen-bond acceptors (Lipinski definition) is 3. The van der Waals surface area contributed by atoms with Crippen molar-refractivity contribution >= 4 is 23.5 Å². The number of carbonyl (C=O) groups excluding carboxylic acids is 1. The van der Waals surface area contributed by atoms with E-state index in [2.05, 4.69) is 0 Å². The van der Waals surface area contributed by atoms with Crippen molar-refractivity contribution in [3.8, 4) is 5.75 Å². The normalized spacial score (nSPS) is 10.8. The van der Waals surface area contributed by atoms with Crippen molar-refractivity contribution in [3.63, 3.8) is 0 Å². The van der Waals surface area contributed by atoms with Gasteiger partial charge in [-0.3, -0.25) is 4.79 Å². The zero-order valence-electron chi connectivity index (χ0n) is 11.3. The fraction of sp³-hybridized carbons (Fsp3) is 0.118. The van der Waals surface area contributed by atoms with Gasteiger partial charge in [0.25, 0.3) is 0 Å². The van der Waals surface area contributed by atoms with Gasteiger partial charge < -0.3 is 9.84 Å². The Morgan fingerprint density at radius 2 is 1.76 bits per heavy atom. The van der Waals surface area contributed by atoms with E-state index in [1.54, 1.807) is 42.5 Å².